The van der Waals surface area contributed by atoms with E-state index in [-0.39, 0.29) is 22.3 Å². The van der Waals surface area contributed by atoms with Crippen LogP contribution in [0.2, 0.25) is 5.02 Å². The van der Waals surface area contributed by atoms with Gasteiger partial charge in [-0.1, -0.05) is 11.6 Å². The van der Waals surface area contributed by atoms with Crippen LogP contribution in [0.4, 0.5) is 4.39 Å². The van der Waals surface area contributed by atoms with Crippen LogP contribution in [0, 0.1) is 5.82 Å². The van der Waals surface area contributed by atoms with Gasteiger partial charge in [0, 0.05) is 6.07 Å². The fourth-order valence-corrected chi connectivity index (χ4v) is 1.36. The third kappa shape index (κ3) is 3.17. The van der Waals surface area contributed by atoms with Crippen molar-refractivity contribution in [1.82, 2.24) is 9.97 Å². The molecular formula is C12H8ClFN2O3. The Morgan fingerprint density at radius 1 is 1.32 bits per heavy atom. The van der Waals surface area contributed by atoms with Crippen molar-refractivity contribution in [2.75, 3.05) is 7.11 Å². The Morgan fingerprint density at radius 2 is 2.11 bits per heavy atom. The molecule has 98 valence electrons. The van der Waals surface area contributed by atoms with Gasteiger partial charge in [0.1, 0.15) is 11.6 Å². The zero-order valence-corrected chi connectivity index (χ0v) is 10.5. The molecule has 1 aromatic carbocycles. The summed E-state index contributed by atoms with van der Waals surface area (Å²) in [6.07, 6.45) is 2.44. The van der Waals surface area contributed by atoms with Gasteiger partial charge in [0.15, 0.2) is 5.69 Å². The van der Waals surface area contributed by atoms with Crippen LogP contribution in [0.1, 0.15) is 10.5 Å². The molecule has 0 atom stereocenters. The average molecular weight is 283 g/mol. The maximum Gasteiger partial charge on any atom is 0.358 e. The summed E-state index contributed by atoms with van der Waals surface area (Å²) in [5, 5.41) is -0.000488. The van der Waals surface area contributed by atoms with Crippen LogP contribution in [-0.4, -0.2) is 23.0 Å². The topological polar surface area (TPSA) is 61.3 Å². The van der Waals surface area contributed by atoms with Crippen molar-refractivity contribution >= 4 is 17.6 Å². The van der Waals surface area contributed by atoms with Crippen molar-refractivity contribution in [3.63, 3.8) is 0 Å². The first-order chi connectivity index (χ1) is 9.10. The maximum atomic E-state index is 13.2. The molecular weight excluding hydrogens is 275 g/mol. The number of esters is 1. The number of halogens is 2. The third-order valence-corrected chi connectivity index (χ3v) is 2.44. The number of benzene rings is 1. The molecule has 1 heterocycles. The lowest BCUT2D eigenvalue weighted by molar-refractivity contribution is 0.0593. The molecule has 0 aliphatic rings. The quantitative estimate of drug-likeness (QED) is 0.810. The first-order valence-electron chi connectivity index (χ1n) is 5.13. The Morgan fingerprint density at radius 3 is 2.68 bits per heavy atom. The molecule has 0 amide bonds. The molecule has 2 rings (SSSR count). The van der Waals surface area contributed by atoms with E-state index in [0.29, 0.717) is 0 Å². The van der Waals surface area contributed by atoms with E-state index < -0.39 is 11.8 Å². The number of aromatic nitrogens is 2. The van der Waals surface area contributed by atoms with Gasteiger partial charge in [0.25, 0.3) is 0 Å². The molecule has 1 aromatic heterocycles. The number of carbonyl (C=O) groups is 1. The summed E-state index contributed by atoms with van der Waals surface area (Å²) in [5.41, 5.74) is 0.0529. The number of hydrogen-bond donors (Lipinski definition) is 0. The summed E-state index contributed by atoms with van der Waals surface area (Å²) in [4.78, 5) is 18.8. The fourth-order valence-electron chi connectivity index (χ4n) is 1.24. The molecule has 0 fully saturated rings. The molecule has 5 nitrogen and oxygen atoms in total. The maximum absolute atomic E-state index is 13.2. The van der Waals surface area contributed by atoms with E-state index in [9.17, 15) is 9.18 Å². The Bertz CT molecular complexity index is 604. The third-order valence-electron chi connectivity index (χ3n) is 2.14. The number of carbonyl (C=O) groups excluding carboxylic acids is 1. The Hall–Kier alpha value is -2.21. The summed E-state index contributed by atoms with van der Waals surface area (Å²) in [7, 11) is 1.24. The highest BCUT2D eigenvalue weighted by molar-refractivity contribution is 6.30. The van der Waals surface area contributed by atoms with Crippen molar-refractivity contribution in [3.8, 4) is 11.6 Å². The van der Waals surface area contributed by atoms with Gasteiger partial charge >= 0.3 is 5.97 Å². The van der Waals surface area contributed by atoms with E-state index in [2.05, 4.69) is 14.7 Å². The van der Waals surface area contributed by atoms with Gasteiger partial charge in [-0.3, -0.25) is 0 Å². The molecule has 0 bridgehead atoms. The van der Waals surface area contributed by atoms with Gasteiger partial charge in [0.2, 0.25) is 5.88 Å². The summed E-state index contributed by atoms with van der Waals surface area (Å²) in [6.45, 7) is 0. The van der Waals surface area contributed by atoms with Crippen molar-refractivity contribution in [2.24, 2.45) is 0 Å². The normalized spacial score (nSPS) is 10.1. The SMILES string of the molecule is COC(=O)c1cnc(Oc2ccc(Cl)c(F)c2)cn1. The molecule has 0 aliphatic heterocycles. The van der Waals surface area contributed by atoms with Crippen LogP contribution < -0.4 is 4.74 Å². The first kappa shape index (κ1) is 13.2. The van der Waals surface area contributed by atoms with Crippen LogP contribution in [-0.2, 0) is 4.74 Å². The highest BCUT2D eigenvalue weighted by atomic mass is 35.5. The zero-order valence-electron chi connectivity index (χ0n) is 9.76. The van der Waals surface area contributed by atoms with Gasteiger partial charge in [-0.05, 0) is 12.1 Å². The van der Waals surface area contributed by atoms with Crippen molar-refractivity contribution in [3.05, 3.63) is 47.1 Å². The average Bonchev–Trinajstić information content (AvgIpc) is 2.43. The molecule has 0 N–H and O–H groups in total. The van der Waals surface area contributed by atoms with Gasteiger partial charge in [-0.2, -0.15) is 0 Å². The Labute approximate surface area is 113 Å². The van der Waals surface area contributed by atoms with E-state index in [4.69, 9.17) is 16.3 Å². The smallest absolute Gasteiger partial charge is 0.358 e. The van der Waals surface area contributed by atoms with E-state index in [0.717, 1.165) is 6.07 Å². The largest absolute Gasteiger partial charge is 0.464 e. The number of hydrogen-bond acceptors (Lipinski definition) is 5. The fraction of sp³-hybridized carbons (Fsp3) is 0.0833. The second-order valence-electron chi connectivity index (χ2n) is 3.41. The van der Waals surface area contributed by atoms with Gasteiger partial charge in [0.05, 0.1) is 24.5 Å². The molecule has 0 spiro atoms. The molecule has 0 aliphatic carbocycles. The molecule has 0 saturated heterocycles. The van der Waals surface area contributed by atoms with Crippen LogP contribution in [0.25, 0.3) is 0 Å². The van der Waals surface area contributed by atoms with Crippen LogP contribution in [0.3, 0.4) is 0 Å². The van der Waals surface area contributed by atoms with Crippen LogP contribution in [0.5, 0.6) is 11.6 Å². The number of ether oxygens (including phenoxy) is 2. The second-order valence-corrected chi connectivity index (χ2v) is 3.82. The molecule has 0 radical (unpaired) electrons. The second kappa shape index (κ2) is 5.62. The summed E-state index contributed by atoms with van der Waals surface area (Å²) in [6, 6.07) is 3.97. The lowest BCUT2D eigenvalue weighted by atomic mass is 10.3. The molecule has 0 saturated carbocycles. The van der Waals surface area contributed by atoms with Gasteiger partial charge in [-0.15, -0.1) is 0 Å². The molecule has 19 heavy (non-hydrogen) atoms. The summed E-state index contributed by atoms with van der Waals surface area (Å²) < 4.78 is 22.9. The highest BCUT2D eigenvalue weighted by Gasteiger charge is 2.09. The molecule has 0 unspecified atom stereocenters. The first-order valence-corrected chi connectivity index (χ1v) is 5.51. The summed E-state index contributed by atoms with van der Waals surface area (Å²) >= 11 is 5.55. The lowest BCUT2D eigenvalue weighted by Crippen LogP contribution is -2.04. The van der Waals surface area contributed by atoms with E-state index in [1.807, 2.05) is 0 Å². The number of methoxy groups -OCH3 is 1. The van der Waals surface area contributed by atoms with Gasteiger partial charge < -0.3 is 9.47 Å². The molecule has 7 heteroatoms. The van der Waals surface area contributed by atoms with Crippen LogP contribution in [0.15, 0.2) is 30.6 Å². The minimum atomic E-state index is -0.600. The predicted octanol–water partition coefficient (Wildman–Crippen LogP) is 2.85. The Kier molecular flexibility index (Phi) is 3.91. The monoisotopic (exact) mass is 282 g/mol. The van der Waals surface area contributed by atoms with Crippen LogP contribution >= 0.6 is 11.6 Å². The van der Waals surface area contributed by atoms with Crippen molar-refractivity contribution in [1.29, 1.82) is 0 Å². The van der Waals surface area contributed by atoms with E-state index in [1.165, 1.54) is 31.6 Å². The van der Waals surface area contributed by atoms with Crippen molar-refractivity contribution in [2.45, 2.75) is 0 Å². The molecule has 2 aromatic rings. The van der Waals surface area contributed by atoms with E-state index >= 15 is 0 Å². The lowest BCUT2D eigenvalue weighted by Gasteiger charge is -2.05. The minimum Gasteiger partial charge on any atom is -0.464 e. The standard InChI is InChI=1S/C12H8ClFN2O3/c1-18-12(17)10-5-16-11(6-15-10)19-7-2-3-8(13)9(14)4-7/h2-6H,1H3. The predicted molar refractivity (Wildman–Crippen MR) is 64.9 cm³/mol. The Balaban J connectivity index is 2.15. The number of rotatable bonds is 3. The zero-order chi connectivity index (χ0) is 13.8. The van der Waals surface area contributed by atoms with E-state index in [1.54, 1.807) is 0 Å². The number of nitrogens with zero attached hydrogens (tertiary/aromatic N) is 2. The van der Waals surface area contributed by atoms with Gasteiger partial charge in [-0.25, -0.2) is 19.2 Å². The van der Waals surface area contributed by atoms with Crippen molar-refractivity contribution < 1.29 is 18.7 Å². The highest BCUT2D eigenvalue weighted by Crippen LogP contribution is 2.23. The minimum absolute atomic E-state index is 0.000488. The summed E-state index contributed by atoms with van der Waals surface area (Å²) in [5.74, 6) is -0.855.